The Balaban J connectivity index is 1.77. The SMILES string of the molecule is O=C(/C=C/c1ccnc(Cl)c1)NCC(O)C1CCCC1. The number of nitrogens with zero attached hydrogens (tertiary/aromatic N) is 1. The molecule has 0 aliphatic heterocycles. The molecule has 2 rings (SSSR count). The van der Waals surface area contributed by atoms with E-state index in [2.05, 4.69) is 10.3 Å². The number of pyridine rings is 1. The number of aliphatic hydroxyl groups excluding tert-OH is 1. The molecule has 5 heteroatoms. The van der Waals surface area contributed by atoms with Gasteiger partial charge in [-0.2, -0.15) is 0 Å². The van der Waals surface area contributed by atoms with Crippen LogP contribution in [0, 0.1) is 5.92 Å². The normalized spacial score (nSPS) is 17.5. The van der Waals surface area contributed by atoms with Crippen molar-refractivity contribution < 1.29 is 9.90 Å². The lowest BCUT2D eigenvalue weighted by atomic mass is 10.0. The van der Waals surface area contributed by atoms with Crippen LogP contribution in [0.1, 0.15) is 31.2 Å². The van der Waals surface area contributed by atoms with Crippen LogP contribution < -0.4 is 5.32 Å². The second-order valence-electron chi connectivity index (χ2n) is 5.10. The topological polar surface area (TPSA) is 62.2 Å². The Morgan fingerprint density at radius 1 is 1.55 bits per heavy atom. The lowest BCUT2D eigenvalue weighted by Crippen LogP contribution is -2.34. The number of halogens is 1. The van der Waals surface area contributed by atoms with Crippen LogP contribution in [0.4, 0.5) is 0 Å². The van der Waals surface area contributed by atoms with Crippen LogP contribution in [-0.2, 0) is 4.79 Å². The van der Waals surface area contributed by atoms with Crippen LogP contribution in [0.15, 0.2) is 24.4 Å². The summed E-state index contributed by atoms with van der Waals surface area (Å²) in [6, 6.07) is 3.45. The van der Waals surface area contributed by atoms with Gasteiger partial charge < -0.3 is 10.4 Å². The van der Waals surface area contributed by atoms with Crippen LogP contribution in [0.3, 0.4) is 0 Å². The van der Waals surface area contributed by atoms with Gasteiger partial charge in [0.05, 0.1) is 6.10 Å². The predicted molar refractivity (Wildman–Crippen MR) is 79.3 cm³/mol. The molecule has 1 fully saturated rings. The van der Waals surface area contributed by atoms with Gasteiger partial charge in [-0.25, -0.2) is 4.98 Å². The number of rotatable bonds is 5. The van der Waals surface area contributed by atoms with Crippen molar-refractivity contribution in [3.8, 4) is 0 Å². The number of hydrogen-bond donors (Lipinski definition) is 2. The summed E-state index contributed by atoms with van der Waals surface area (Å²) in [5.41, 5.74) is 0.816. The average molecular weight is 295 g/mol. The van der Waals surface area contributed by atoms with Crippen molar-refractivity contribution in [2.75, 3.05) is 6.54 Å². The van der Waals surface area contributed by atoms with Gasteiger partial charge in [0.1, 0.15) is 5.15 Å². The van der Waals surface area contributed by atoms with E-state index < -0.39 is 6.10 Å². The van der Waals surface area contributed by atoms with E-state index in [1.165, 1.54) is 18.9 Å². The van der Waals surface area contributed by atoms with Gasteiger partial charge in [-0.15, -0.1) is 0 Å². The Labute approximate surface area is 123 Å². The van der Waals surface area contributed by atoms with Crippen molar-refractivity contribution >= 4 is 23.6 Å². The average Bonchev–Trinajstić information content (AvgIpc) is 2.97. The molecule has 1 aliphatic carbocycles. The standard InChI is InChI=1S/C15H19ClN2O2/c16-14-9-11(7-8-17-14)5-6-15(20)18-10-13(19)12-3-1-2-4-12/h5-9,12-13,19H,1-4,10H2,(H,18,20)/b6-5+. The number of carbonyl (C=O) groups is 1. The van der Waals surface area contributed by atoms with Crippen LogP contribution in [-0.4, -0.2) is 28.6 Å². The summed E-state index contributed by atoms with van der Waals surface area (Å²) in [6.07, 6.45) is 8.73. The first-order valence-electron chi connectivity index (χ1n) is 6.90. The van der Waals surface area contributed by atoms with Gasteiger partial charge in [0, 0.05) is 18.8 Å². The highest BCUT2D eigenvalue weighted by molar-refractivity contribution is 6.29. The predicted octanol–water partition coefficient (Wildman–Crippen LogP) is 2.42. The molecule has 0 bridgehead atoms. The first-order valence-corrected chi connectivity index (χ1v) is 7.28. The Morgan fingerprint density at radius 3 is 3.00 bits per heavy atom. The first-order chi connectivity index (χ1) is 9.65. The van der Waals surface area contributed by atoms with E-state index in [1.54, 1.807) is 24.4 Å². The third kappa shape index (κ3) is 4.62. The number of aromatic nitrogens is 1. The summed E-state index contributed by atoms with van der Waals surface area (Å²) in [5, 5.41) is 13.1. The molecule has 4 nitrogen and oxygen atoms in total. The summed E-state index contributed by atoms with van der Waals surface area (Å²) in [6.45, 7) is 0.310. The summed E-state index contributed by atoms with van der Waals surface area (Å²) in [4.78, 5) is 15.5. The zero-order valence-electron chi connectivity index (χ0n) is 11.3. The minimum atomic E-state index is -0.440. The van der Waals surface area contributed by atoms with Crippen molar-refractivity contribution in [2.24, 2.45) is 5.92 Å². The zero-order chi connectivity index (χ0) is 14.4. The smallest absolute Gasteiger partial charge is 0.244 e. The molecule has 20 heavy (non-hydrogen) atoms. The van der Waals surface area contributed by atoms with E-state index in [0.717, 1.165) is 18.4 Å². The second kappa shape index (κ2) is 7.41. The molecule has 0 saturated heterocycles. The van der Waals surface area contributed by atoms with Gasteiger partial charge in [-0.05, 0) is 42.5 Å². The highest BCUT2D eigenvalue weighted by Crippen LogP contribution is 2.27. The van der Waals surface area contributed by atoms with E-state index >= 15 is 0 Å². The van der Waals surface area contributed by atoms with Crippen LogP contribution in [0.2, 0.25) is 5.15 Å². The van der Waals surface area contributed by atoms with Crippen molar-refractivity contribution in [1.82, 2.24) is 10.3 Å². The first kappa shape index (κ1) is 15.0. The molecule has 1 atom stereocenters. The van der Waals surface area contributed by atoms with Gasteiger partial charge in [0.15, 0.2) is 0 Å². The van der Waals surface area contributed by atoms with Crippen molar-refractivity contribution in [2.45, 2.75) is 31.8 Å². The fraction of sp³-hybridized carbons (Fsp3) is 0.467. The van der Waals surface area contributed by atoms with Gasteiger partial charge in [0.25, 0.3) is 0 Å². The highest BCUT2D eigenvalue weighted by Gasteiger charge is 2.22. The Morgan fingerprint density at radius 2 is 2.30 bits per heavy atom. The van der Waals surface area contributed by atoms with E-state index in [1.807, 2.05) is 0 Å². The van der Waals surface area contributed by atoms with E-state index in [0.29, 0.717) is 17.6 Å². The van der Waals surface area contributed by atoms with Crippen molar-refractivity contribution in [1.29, 1.82) is 0 Å². The summed E-state index contributed by atoms with van der Waals surface area (Å²) in [7, 11) is 0. The number of nitrogens with one attached hydrogen (secondary N) is 1. The number of aliphatic hydroxyl groups is 1. The quantitative estimate of drug-likeness (QED) is 0.647. The monoisotopic (exact) mass is 294 g/mol. The van der Waals surface area contributed by atoms with Gasteiger partial charge in [0.2, 0.25) is 5.91 Å². The van der Waals surface area contributed by atoms with Crippen molar-refractivity contribution in [3.05, 3.63) is 35.1 Å². The molecule has 1 heterocycles. The molecule has 1 amide bonds. The van der Waals surface area contributed by atoms with Gasteiger partial charge in [-0.1, -0.05) is 24.4 Å². The Kier molecular flexibility index (Phi) is 5.56. The highest BCUT2D eigenvalue weighted by atomic mass is 35.5. The van der Waals surface area contributed by atoms with Crippen molar-refractivity contribution in [3.63, 3.8) is 0 Å². The Bertz CT molecular complexity index is 485. The third-order valence-electron chi connectivity index (χ3n) is 3.61. The molecule has 0 spiro atoms. The maximum Gasteiger partial charge on any atom is 0.244 e. The summed E-state index contributed by atoms with van der Waals surface area (Å²) < 4.78 is 0. The minimum Gasteiger partial charge on any atom is -0.391 e. The summed E-state index contributed by atoms with van der Waals surface area (Å²) in [5.74, 6) is 0.119. The molecular weight excluding hydrogens is 276 g/mol. The van der Waals surface area contributed by atoms with E-state index in [-0.39, 0.29) is 5.91 Å². The zero-order valence-corrected chi connectivity index (χ0v) is 12.0. The van der Waals surface area contributed by atoms with E-state index in [9.17, 15) is 9.90 Å². The molecular formula is C15H19ClN2O2. The molecule has 108 valence electrons. The number of carbonyl (C=O) groups excluding carboxylic acids is 1. The van der Waals surface area contributed by atoms with Gasteiger partial charge >= 0.3 is 0 Å². The molecule has 2 N–H and O–H groups in total. The molecule has 0 aromatic carbocycles. The fourth-order valence-corrected chi connectivity index (χ4v) is 2.65. The van der Waals surface area contributed by atoms with Crippen LogP contribution in [0.25, 0.3) is 6.08 Å². The fourth-order valence-electron chi connectivity index (χ4n) is 2.47. The summed E-state index contributed by atoms with van der Waals surface area (Å²) >= 11 is 5.76. The van der Waals surface area contributed by atoms with Crippen LogP contribution in [0.5, 0.6) is 0 Å². The number of amides is 1. The Hall–Kier alpha value is -1.39. The molecule has 1 unspecified atom stereocenters. The van der Waals surface area contributed by atoms with Gasteiger partial charge in [-0.3, -0.25) is 4.79 Å². The molecule has 1 aliphatic rings. The molecule has 1 saturated carbocycles. The maximum absolute atomic E-state index is 11.7. The van der Waals surface area contributed by atoms with E-state index in [4.69, 9.17) is 11.6 Å². The molecule has 1 aromatic heterocycles. The third-order valence-corrected chi connectivity index (χ3v) is 3.81. The molecule has 1 aromatic rings. The van der Waals surface area contributed by atoms with Crippen LogP contribution >= 0.6 is 11.6 Å². The molecule has 0 radical (unpaired) electrons. The minimum absolute atomic E-state index is 0.213. The maximum atomic E-state index is 11.7. The largest absolute Gasteiger partial charge is 0.391 e. The second-order valence-corrected chi connectivity index (χ2v) is 5.49. The number of hydrogen-bond acceptors (Lipinski definition) is 3. The lowest BCUT2D eigenvalue weighted by molar-refractivity contribution is -0.117. The lowest BCUT2D eigenvalue weighted by Gasteiger charge is -2.17.